The lowest BCUT2D eigenvalue weighted by Gasteiger charge is -1.95. The van der Waals surface area contributed by atoms with Crippen molar-refractivity contribution in [2.75, 3.05) is 5.75 Å². The first-order valence-electron chi connectivity index (χ1n) is 4.85. The Kier molecular flexibility index (Phi) is 2.90. The summed E-state index contributed by atoms with van der Waals surface area (Å²) in [5, 5.41) is 0.598. The molecule has 6 heteroatoms. The number of benzene rings is 1. The topological polar surface area (TPSA) is 62.8 Å². The number of H-pyrrole nitrogens is 1. The number of nitrogens with zero attached hydrogens (tertiary/aromatic N) is 1. The Labute approximate surface area is 98.6 Å². The lowest BCUT2D eigenvalue weighted by molar-refractivity contribution is 0.595. The fourth-order valence-corrected chi connectivity index (χ4v) is 2.34. The smallest absolute Gasteiger partial charge is 0.157 e. The summed E-state index contributed by atoms with van der Waals surface area (Å²) in [6, 6.07) is 5.21. The summed E-state index contributed by atoms with van der Waals surface area (Å²) in [6.07, 6.45) is 0. The summed E-state index contributed by atoms with van der Waals surface area (Å²) in [7, 11) is -3.06. The monoisotopic (exact) mass is 258 g/mol. The molecule has 0 saturated carbocycles. The molecule has 0 bridgehead atoms. The summed E-state index contributed by atoms with van der Waals surface area (Å²) in [4.78, 5) is 7.15. The van der Waals surface area contributed by atoms with E-state index < -0.39 is 9.84 Å². The fourth-order valence-electron chi connectivity index (χ4n) is 1.41. The minimum Gasteiger partial charge on any atom is -0.341 e. The van der Waals surface area contributed by atoms with Crippen molar-refractivity contribution in [1.29, 1.82) is 0 Å². The van der Waals surface area contributed by atoms with Crippen molar-refractivity contribution in [3.8, 4) is 0 Å². The zero-order valence-electron chi connectivity index (χ0n) is 8.70. The fraction of sp³-hybridized carbons (Fsp3) is 0.300. The van der Waals surface area contributed by atoms with Crippen molar-refractivity contribution in [3.05, 3.63) is 29.0 Å². The first-order chi connectivity index (χ1) is 7.50. The molecule has 0 unspecified atom stereocenters. The van der Waals surface area contributed by atoms with E-state index in [0.717, 1.165) is 11.0 Å². The second-order valence-corrected chi connectivity index (χ2v) is 6.31. The van der Waals surface area contributed by atoms with Gasteiger partial charge in [0.25, 0.3) is 0 Å². The van der Waals surface area contributed by atoms with Crippen LogP contribution < -0.4 is 0 Å². The largest absolute Gasteiger partial charge is 0.341 e. The van der Waals surface area contributed by atoms with Crippen LogP contribution in [0.3, 0.4) is 0 Å². The van der Waals surface area contributed by atoms with Crippen LogP contribution in [0.2, 0.25) is 5.02 Å². The number of imidazole rings is 1. The van der Waals surface area contributed by atoms with Crippen LogP contribution in [0.4, 0.5) is 0 Å². The third-order valence-corrected chi connectivity index (χ3v) is 4.12. The predicted octanol–water partition coefficient (Wildman–Crippen LogP) is 2.15. The van der Waals surface area contributed by atoms with E-state index in [-0.39, 0.29) is 11.5 Å². The van der Waals surface area contributed by atoms with Gasteiger partial charge in [-0.1, -0.05) is 18.5 Å². The van der Waals surface area contributed by atoms with Crippen LogP contribution in [-0.4, -0.2) is 24.1 Å². The van der Waals surface area contributed by atoms with Gasteiger partial charge in [0.1, 0.15) is 11.6 Å². The van der Waals surface area contributed by atoms with Gasteiger partial charge >= 0.3 is 0 Å². The number of aromatic amines is 1. The molecule has 0 aliphatic heterocycles. The van der Waals surface area contributed by atoms with Crippen molar-refractivity contribution in [1.82, 2.24) is 9.97 Å². The molecule has 4 nitrogen and oxygen atoms in total. The van der Waals surface area contributed by atoms with Crippen LogP contribution in [0.1, 0.15) is 12.7 Å². The van der Waals surface area contributed by atoms with Gasteiger partial charge in [-0.05, 0) is 18.2 Å². The summed E-state index contributed by atoms with van der Waals surface area (Å²) < 4.78 is 22.9. The maximum Gasteiger partial charge on any atom is 0.157 e. The molecule has 1 N–H and O–H groups in total. The normalized spacial score (nSPS) is 12.1. The Bertz CT molecular complexity index is 619. The van der Waals surface area contributed by atoms with Crippen LogP contribution >= 0.6 is 11.6 Å². The van der Waals surface area contributed by atoms with Gasteiger partial charge < -0.3 is 4.98 Å². The second-order valence-electron chi connectivity index (χ2n) is 3.52. The second kappa shape index (κ2) is 4.07. The Morgan fingerprint density at radius 1 is 1.44 bits per heavy atom. The molecule has 0 fully saturated rings. The van der Waals surface area contributed by atoms with E-state index in [9.17, 15) is 8.42 Å². The maximum absolute atomic E-state index is 11.4. The van der Waals surface area contributed by atoms with E-state index in [4.69, 9.17) is 11.6 Å². The van der Waals surface area contributed by atoms with E-state index in [1.54, 1.807) is 25.1 Å². The molecule has 0 amide bonds. The minimum atomic E-state index is -3.06. The summed E-state index contributed by atoms with van der Waals surface area (Å²) >= 11 is 5.82. The van der Waals surface area contributed by atoms with E-state index in [1.165, 1.54) is 0 Å². The Morgan fingerprint density at radius 2 is 2.19 bits per heavy atom. The van der Waals surface area contributed by atoms with Gasteiger partial charge in [-0.3, -0.25) is 0 Å². The molecule has 1 aromatic heterocycles. The first kappa shape index (κ1) is 11.4. The highest BCUT2D eigenvalue weighted by Crippen LogP contribution is 2.18. The zero-order valence-corrected chi connectivity index (χ0v) is 10.3. The quantitative estimate of drug-likeness (QED) is 0.918. The summed E-state index contributed by atoms with van der Waals surface area (Å²) in [6.45, 7) is 1.62. The third-order valence-electron chi connectivity index (χ3n) is 2.29. The van der Waals surface area contributed by atoms with E-state index in [0.29, 0.717) is 10.8 Å². The molecule has 0 saturated heterocycles. The number of halogens is 1. The molecule has 0 aliphatic rings. The van der Waals surface area contributed by atoms with Crippen molar-refractivity contribution < 1.29 is 8.42 Å². The number of aromatic nitrogens is 2. The van der Waals surface area contributed by atoms with Crippen molar-refractivity contribution in [2.24, 2.45) is 0 Å². The average molecular weight is 259 g/mol. The van der Waals surface area contributed by atoms with Crippen LogP contribution in [0.25, 0.3) is 11.0 Å². The molecule has 86 valence electrons. The molecule has 2 aromatic rings. The minimum absolute atomic E-state index is 0.0597. The van der Waals surface area contributed by atoms with Gasteiger partial charge in [0.15, 0.2) is 9.84 Å². The van der Waals surface area contributed by atoms with Gasteiger partial charge in [0, 0.05) is 10.8 Å². The van der Waals surface area contributed by atoms with Gasteiger partial charge in [-0.2, -0.15) is 0 Å². The van der Waals surface area contributed by atoms with Gasteiger partial charge in [-0.25, -0.2) is 13.4 Å². The molecular formula is C10H11ClN2O2S. The number of fused-ring (bicyclic) bond motifs is 1. The van der Waals surface area contributed by atoms with Crippen LogP contribution in [-0.2, 0) is 15.6 Å². The van der Waals surface area contributed by atoms with E-state index >= 15 is 0 Å². The average Bonchev–Trinajstić information content (AvgIpc) is 2.58. The van der Waals surface area contributed by atoms with Crippen molar-refractivity contribution in [3.63, 3.8) is 0 Å². The van der Waals surface area contributed by atoms with Crippen LogP contribution in [0.15, 0.2) is 18.2 Å². The standard InChI is InChI=1S/C10H11ClN2O2S/c1-2-16(14,15)6-10-12-8-4-3-7(11)5-9(8)13-10/h3-5H,2,6H2,1H3,(H,12,13). The third kappa shape index (κ3) is 2.36. The molecule has 1 heterocycles. The van der Waals surface area contributed by atoms with Crippen molar-refractivity contribution in [2.45, 2.75) is 12.7 Å². The van der Waals surface area contributed by atoms with E-state index in [2.05, 4.69) is 9.97 Å². The molecular weight excluding hydrogens is 248 g/mol. The SMILES string of the molecule is CCS(=O)(=O)Cc1nc2ccc(Cl)cc2[nH]1. The molecule has 0 radical (unpaired) electrons. The molecule has 0 spiro atoms. The highest BCUT2D eigenvalue weighted by atomic mass is 35.5. The lowest BCUT2D eigenvalue weighted by Crippen LogP contribution is -2.07. The molecule has 0 aliphatic carbocycles. The van der Waals surface area contributed by atoms with Crippen LogP contribution in [0.5, 0.6) is 0 Å². The van der Waals surface area contributed by atoms with Gasteiger partial charge in [0.05, 0.1) is 11.0 Å². The Balaban J connectivity index is 2.40. The Hall–Kier alpha value is -1.07. The zero-order chi connectivity index (χ0) is 11.8. The number of hydrogen-bond donors (Lipinski definition) is 1. The van der Waals surface area contributed by atoms with Crippen molar-refractivity contribution >= 4 is 32.5 Å². The predicted molar refractivity (Wildman–Crippen MR) is 64.3 cm³/mol. The van der Waals surface area contributed by atoms with Crippen LogP contribution in [0, 0.1) is 0 Å². The maximum atomic E-state index is 11.4. The first-order valence-corrected chi connectivity index (χ1v) is 7.04. The Morgan fingerprint density at radius 3 is 2.88 bits per heavy atom. The lowest BCUT2D eigenvalue weighted by atomic mass is 10.3. The van der Waals surface area contributed by atoms with Gasteiger partial charge in [0.2, 0.25) is 0 Å². The van der Waals surface area contributed by atoms with E-state index in [1.807, 2.05) is 0 Å². The summed E-state index contributed by atoms with van der Waals surface area (Å²) in [5.74, 6) is 0.514. The molecule has 0 atom stereocenters. The van der Waals surface area contributed by atoms with Gasteiger partial charge in [-0.15, -0.1) is 0 Å². The number of sulfone groups is 1. The number of nitrogens with one attached hydrogen (secondary N) is 1. The number of hydrogen-bond acceptors (Lipinski definition) is 3. The highest BCUT2D eigenvalue weighted by Gasteiger charge is 2.12. The number of rotatable bonds is 3. The molecule has 1 aromatic carbocycles. The molecule has 16 heavy (non-hydrogen) atoms. The molecule has 2 rings (SSSR count). The summed E-state index contributed by atoms with van der Waals surface area (Å²) in [5.41, 5.74) is 1.49. The highest BCUT2D eigenvalue weighted by molar-refractivity contribution is 7.90.